The number of benzene rings is 2. The molecule has 2 heterocycles. The highest BCUT2D eigenvalue weighted by Gasteiger charge is 2.35. The Hall–Kier alpha value is -4.10. The van der Waals surface area contributed by atoms with Gasteiger partial charge in [-0.15, -0.1) is 0 Å². The summed E-state index contributed by atoms with van der Waals surface area (Å²) in [6, 6.07) is 9.48. The van der Waals surface area contributed by atoms with E-state index in [2.05, 4.69) is 15.3 Å². The number of nitrogens with zero attached hydrogens (tertiary/aromatic N) is 4. The van der Waals surface area contributed by atoms with Crippen LogP contribution in [-0.4, -0.2) is 63.0 Å². The smallest absolute Gasteiger partial charge is 0.331 e. The van der Waals surface area contributed by atoms with Gasteiger partial charge in [0.2, 0.25) is 5.95 Å². The Kier molecular flexibility index (Phi) is 9.89. The predicted molar refractivity (Wildman–Crippen MR) is 165 cm³/mol. The number of rotatable bonds is 9. The summed E-state index contributed by atoms with van der Waals surface area (Å²) in [5.41, 5.74) is 1.73. The average Bonchev–Trinajstić information content (AvgIpc) is 2.95. The molecule has 0 aliphatic carbocycles. The van der Waals surface area contributed by atoms with Crippen molar-refractivity contribution in [1.82, 2.24) is 20.2 Å². The quantitative estimate of drug-likeness (QED) is 0.341. The third kappa shape index (κ3) is 7.69. The summed E-state index contributed by atoms with van der Waals surface area (Å²) in [4.78, 5) is 45.5. The number of carbonyl (C=O) groups is 2. The van der Waals surface area contributed by atoms with Crippen LogP contribution < -0.4 is 20.0 Å². The van der Waals surface area contributed by atoms with Crippen molar-refractivity contribution in [1.29, 1.82) is 0 Å². The van der Waals surface area contributed by atoms with Crippen molar-refractivity contribution in [3.05, 3.63) is 76.9 Å². The molecular formula is C31H39FN6O5S. The van der Waals surface area contributed by atoms with Crippen molar-refractivity contribution in [2.24, 2.45) is 11.3 Å². The largest absolute Gasteiger partial charge is 0.366 e. The number of halogens is 1. The topological polar surface area (TPSA) is 134 Å². The summed E-state index contributed by atoms with van der Waals surface area (Å²) in [5, 5.41) is 2.67. The van der Waals surface area contributed by atoms with Gasteiger partial charge in [-0.2, -0.15) is 0 Å². The van der Waals surface area contributed by atoms with Crippen molar-refractivity contribution >= 4 is 33.5 Å². The summed E-state index contributed by atoms with van der Waals surface area (Å²) in [7, 11) is -4.16. The molecule has 3 aromatic rings. The number of hydrogen-bond donors (Lipinski definition) is 2. The minimum absolute atomic E-state index is 0.0362. The number of aromatic nitrogens is 2. The second-order valence-corrected chi connectivity index (χ2v) is 13.6. The van der Waals surface area contributed by atoms with Crippen molar-refractivity contribution in [3.8, 4) is 0 Å². The van der Waals surface area contributed by atoms with E-state index in [-0.39, 0.29) is 17.0 Å². The van der Waals surface area contributed by atoms with Crippen LogP contribution in [0.3, 0.4) is 0 Å². The summed E-state index contributed by atoms with van der Waals surface area (Å²) in [6.45, 7) is 12.7. The Morgan fingerprint density at radius 3 is 2.14 bits per heavy atom. The first-order valence-electron chi connectivity index (χ1n) is 14.3. The second kappa shape index (κ2) is 13.3. The number of anilines is 2. The van der Waals surface area contributed by atoms with Gasteiger partial charge in [0.05, 0.1) is 16.5 Å². The number of piperazine rings is 1. The zero-order valence-electron chi connectivity index (χ0n) is 25.8. The van der Waals surface area contributed by atoms with Gasteiger partial charge in [0.25, 0.3) is 15.9 Å². The van der Waals surface area contributed by atoms with E-state index in [9.17, 15) is 18.0 Å². The number of sulfonamides is 1. The van der Waals surface area contributed by atoms with E-state index in [1.54, 1.807) is 71.3 Å². The van der Waals surface area contributed by atoms with Crippen LogP contribution in [0.25, 0.3) is 0 Å². The van der Waals surface area contributed by atoms with Crippen LogP contribution in [0.15, 0.2) is 53.7 Å². The molecule has 2 aromatic carbocycles. The Balaban J connectivity index is 1.36. The van der Waals surface area contributed by atoms with Crippen molar-refractivity contribution in [3.63, 3.8) is 0 Å². The van der Waals surface area contributed by atoms with Crippen molar-refractivity contribution < 1.29 is 27.2 Å². The van der Waals surface area contributed by atoms with E-state index in [0.717, 1.165) is 5.56 Å². The van der Waals surface area contributed by atoms with E-state index < -0.39 is 39.0 Å². The number of amides is 1. The van der Waals surface area contributed by atoms with Gasteiger partial charge in [-0.25, -0.2) is 27.6 Å². The fourth-order valence-electron chi connectivity index (χ4n) is 5.35. The fourth-order valence-corrected chi connectivity index (χ4v) is 6.59. The van der Waals surface area contributed by atoms with Crippen molar-refractivity contribution in [2.45, 2.75) is 46.4 Å². The molecule has 44 heavy (non-hydrogen) atoms. The SMILES string of the molecule is Cc1cc(C)c(S(=O)(=O)NOC(=O)C(CNC(=O)c2ccc(N3CCN(c4ncccn4)CC3)c(F)c2)C(C)(C)C)c(C)c1. The first kappa shape index (κ1) is 32.8. The molecular weight excluding hydrogens is 587 g/mol. The summed E-state index contributed by atoms with van der Waals surface area (Å²) in [5.74, 6) is -2.25. The van der Waals surface area contributed by atoms with Gasteiger partial charge in [-0.1, -0.05) is 38.5 Å². The van der Waals surface area contributed by atoms with Crippen LogP contribution in [0.4, 0.5) is 16.0 Å². The lowest BCUT2D eigenvalue weighted by molar-refractivity contribution is -0.155. The third-order valence-corrected chi connectivity index (χ3v) is 9.07. The molecule has 1 saturated heterocycles. The fraction of sp³-hybridized carbons (Fsp3) is 0.419. The van der Waals surface area contributed by atoms with Gasteiger partial charge < -0.3 is 20.0 Å². The Morgan fingerprint density at radius 1 is 0.977 bits per heavy atom. The molecule has 11 nitrogen and oxygen atoms in total. The molecule has 2 N–H and O–H groups in total. The molecule has 1 unspecified atom stereocenters. The maximum atomic E-state index is 15.2. The number of hydrogen-bond acceptors (Lipinski definition) is 9. The Labute approximate surface area is 257 Å². The maximum Gasteiger partial charge on any atom is 0.331 e. The molecule has 236 valence electrons. The van der Waals surface area contributed by atoms with Crippen LogP contribution in [0, 0.1) is 37.9 Å². The van der Waals surface area contributed by atoms with Crippen LogP contribution >= 0.6 is 0 Å². The maximum absolute atomic E-state index is 15.2. The highest BCUT2D eigenvalue weighted by Crippen LogP contribution is 2.28. The van der Waals surface area contributed by atoms with E-state index in [1.165, 1.54) is 12.1 Å². The van der Waals surface area contributed by atoms with Crippen LogP contribution in [0.5, 0.6) is 0 Å². The molecule has 1 atom stereocenters. The normalized spacial score (nSPS) is 14.7. The Morgan fingerprint density at radius 2 is 1.57 bits per heavy atom. The van der Waals surface area contributed by atoms with E-state index in [0.29, 0.717) is 48.9 Å². The summed E-state index contributed by atoms with van der Waals surface area (Å²) in [6.07, 6.45) is 3.36. The molecule has 0 radical (unpaired) electrons. The number of aryl methyl sites for hydroxylation is 3. The molecule has 0 saturated carbocycles. The van der Waals surface area contributed by atoms with Gasteiger partial charge >= 0.3 is 5.97 Å². The zero-order chi connectivity index (χ0) is 32.2. The first-order valence-corrected chi connectivity index (χ1v) is 15.8. The lowest BCUT2D eigenvalue weighted by Gasteiger charge is -2.36. The monoisotopic (exact) mass is 626 g/mol. The standard InChI is InChI=1S/C31H39FN6O5S/c1-20-16-21(2)27(22(3)17-20)44(41,42)36-43-29(40)24(31(4,5)6)19-35-28(39)23-8-9-26(25(32)18-23)37-12-14-38(15-13-37)30-33-10-7-11-34-30/h7-11,16-18,24,36H,12-15,19H2,1-6H3,(H,35,39). The second-order valence-electron chi connectivity index (χ2n) is 12.1. The van der Waals surface area contributed by atoms with Crippen molar-refractivity contribution in [2.75, 3.05) is 42.5 Å². The molecule has 1 aliphatic rings. The molecule has 1 amide bonds. The van der Waals surface area contributed by atoms with Gasteiger partial charge in [-0.3, -0.25) is 4.79 Å². The molecule has 13 heteroatoms. The summed E-state index contributed by atoms with van der Waals surface area (Å²) < 4.78 is 41.1. The molecule has 0 spiro atoms. The number of nitrogens with one attached hydrogen (secondary N) is 2. The minimum Gasteiger partial charge on any atom is -0.366 e. The zero-order valence-corrected chi connectivity index (χ0v) is 26.7. The van der Waals surface area contributed by atoms with E-state index in [4.69, 9.17) is 4.84 Å². The lowest BCUT2D eigenvalue weighted by atomic mass is 9.80. The summed E-state index contributed by atoms with van der Waals surface area (Å²) >= 11 is 0. The lowest BCUT2D eigenvalue weighted by Crippen LogP contribution is -2.47. The highest BCUT2D eigenvalue weighted by atomic mass is 32.2. The van der Waals surface area contributed by atoms with Gasteiger partial charge in [0, 0.05) is 50.7 Å². The molecule has 1 aliphatic heterocycles. The van der Waals surface area contributed by atoms with E-state index in [1.807, 2.05) is 21.6 Å². The predicted octanol–water partition coefficient (Wildman–Crippen LogP) is 3.70. The average molecular weight is 627 g/mol. The van der Waals surface area contributed by atoms with Crippen LogP contribution in [0.2, 0.25) is 0 Å². The molecule has 1 fully saturated rings. The van der Waals surface area contributed by atoms with Gasteiger partial charge in [0.1, 0.15) is 5.82 Å². The van der Waals surface area contributed by atoms with Crippen LogP contribution in [0.1, 0.15) is 47.8 Å². The molecule has 4 rings (SSSR count). The molecule has 1 aromatic heterocycles. The minimum atomic E-state index is -4.16. The highest BCUT2D eigenvalue weighted by molar-refractivity contribution is 7.89. The Bertz CT molecular complexity index is 1600. The van der Waals surface area contributed by atoms with E-state index >= 15 is 4.39 Å². The molecule has 0 bridgehead atoms. The van der Waals surface area contributed by atoms with Gasteiger partial charge in [0.15, 0.2) is 0 Å². The van der Waals surface area contributed by atoms with Crippen LogP contribution in [-0.2, 0) is 19.7 Å². The third-order valence-electron chi connectivity index (χ3n) is 7.59. The van der Waals surface area contributed by atoms with Gasteiger partial charge in [-0.05, 0) is 66.5 Å². The number of carbonyl (C=O) groups excluding carboxylic acids is 2. The first-order chi connectivity index (χ1) is 20.7.